The molecule has 520 valence electrons. The number of carbonyl (C=O) groups excluding carboxylic acids is 4. The molecule has 2 amide bonds. The molecule has 6 N–H and O–H groups in total. The minimum atomic E-state index is -0.360. The largest absolute Gasteiger partial charge is 0.457 e. The number of ketones is 2. The van der Waals surface area contributed by atoms with Crippen molar-refractivity contribution in [3.63, 3.8) is 0 Å². The number of anilines is 4. The Balaban J connectivity index is 0.000000225. The lowest BCUT2D eigenvalue weighted by Crippen LogP contribution is -2.15. The standard InChI is InChI=1S/C59H45N3O7.C33H27NO3/c1-39(63)37-40-5-21-50(22-6-40)66-51-23-7-41(8-24-51)43-11-27-53(28-12-43)68-56-33-17-48(18-34-56)61-58(64)45-3-2-4-46(38-45)59(65)62-49-19-35-57(36-20-49)69-54-29-13-44(14-30-54)42-9-25-52(26-10-42)67-55-31-15-47(60)16-32-55;1-23-3-2-4-27(21-23)33(35)22-24-5-13-29(14-6-24)36-30-15-7-25(8-16-30)26-9-17-31(18-10-26)37-32-19-11-28(34)12-20-32/h2-36,38H,37,60H2,1H3,(H,61,64)(H,62,65);2-21H,22,34H2,1H3. The molecule has 0 aliphatic rings. The van der Waals surface area contributed by atoms with Gasteiger partial charge in [0.05, 0.1) is 0 Å². The van der Waals surface area contributed by atoms with Gasteiger partial charge in [-0.1, -0.05) is 127 Å². The summed E-state index contributed by atoms with van der Waals surface area (Å²) in [5, 5.41) is 5.79. The molecule has 106 heavy (non-hydrogen) atoms. The fraction of sp³-hybridized carbons (Fsp3) is 0.0435. The van der Waals surface area contributed by atoms with E-state index in [1.54, 1.807) is 91.9 Å². The summed E-state index contributed by atoms with van der Waals surface area (Å²) in [5.41, 5.74) is 24.7. The van der Waals surface area contributed by atoms with E-state index in [9.17, 15) is 19.2 Å². The number of nitrogen functional groups attached to an aromatic ring is 2. The third-order valence-corrected chi connectivity index (χ3v) is 16.9. The second-order valence-corrected chi connectivity index (χ2v) is 25.1. The van der Waals surface area contributed by atoms with Gasteiger partial charge in [-0.15, -0.1) is 0 Å². The molecule has 0 spiro atoms. The van der Waals surface area contributed by atoms with Crippen molar-refractivity contribution in [1.29, 1.82) is 0 Å². The zero-order chi connectivity index (χ0) is 73.1. The predicted molar refractivity (Wildman–Crippen MR) is 420 cm³/mol. The number of rotatable bonds is 24. The van der Waals surface area contributed by atoms with Crippen molar-refractivity contribution in [3.8, 4) is 102 Å². The smallest absolute Gasteiger partial charge is 0.255 e. The van der Waals surface area contributed by atoms with Gasteiger partial charge < -0.3 is 50.5 Å². The Morgan fingerprint density at radius 3 is 0.783 bits per heavy atom. The first-order valence-electron chi connectivity index (χ1n) is 34.3. The van der Waals surface area contributed by atoms with E-state index in [0.29, 0.717) is 87.0 Å². The molecule has 14 nitrogen and oxygen atoms in total. The summed E-state index contributed by atoms with van der Waals surface area (Å²) in [6.07, 6.45) is 0.772. The summed E-state index contributed by atoms with van der Waals surface area (Å²) in [5.74, 6) is 7.88. The monoisotopic (exact) mass is 1390 g/mol. The summed E-state index contributed by atoms with van der Waals surface area (Å²) >= 11 is 0. The molecule has 0 atom stereocenters. The van der Waals surface area contributed by atoms with E-state index in [-0.39, 0.29) is 23.4 Å². The fourth-order valence-electron chi connectivity index (χ4n) is 11.3. The molecular weight excluding hydrogens is 1320 g/mol. The van der Waals surface area contributed by atoms with Crippen LogP contribution < -0.4 is 50.5 Å². The Morgan fingerprint density at radius 2 is 0.509 bits per heavy atom. The van der Waals surface area contributed by atoms with Gasteiger partial charge in [0.2, 0.25) is 0 Å². The number of carbonyl (C=O) groups is 4. The molecule has 0 saturated carbocycles. The van der Waals surface area contributed by atoms with Gasteiger partial charge in [-0.2, -0.15) is 0 Å². The molecule has 0 bridgehead atoms. The minimum Gasteiger partial charge on any atom is -0.457 e. The minimum absolute atomic E-state index is 0.109. The summed E-state index contributed by atoms with van der Waals surface area (Å²) in [7, 11) is 0. The molecule has 0 fully saturated rings. The van der Waals surface area contributed by atoms with Crippen LogP contribution in [0.25, 0.3) is 33.4 Å². The van der Waals surface area contributed by atoms with E-state index in [4.69, 9.17) is 39.9 Å². The van der Waals surface area contributed by atoms with Crippen LogP contribution in [0, 0.1) is 6.92 Å². The quantitative estimate of drug-likeness (QED) is 0.0330. The van der Waals surface area contributed by atoms with Crippen LogP contribution >= 0.6 is 0 Å². The second-order valence-electron chi connectivity index (χ2n) is 25.1. The molecule has 14 heteroatoms. The molecule has 0 unspecified atom stereocenters. The first-order valence-corrected chi connectivity index (χ1v) is 34.3. The number of amides is 2. The third kappa shape index (κ3) is 19.6. The van der Waals surface area contributed by atoms with E-state index in [2.05, 4.69) is 10.6 Å². The van der Waals surface area contributed by atoms with Crippen LogP contribution in [-0.2, 0) is 17.6 Å². The molecular formula is C92H72N4O10. The predicted octanol–water partition coefficient (Wildman–Crippen LogP) is 22.7. The second kappa shape index (κ2) is 33.5. The zero-order valence-electron chi connectivity index (χ0n) is 58.0. The highest BCUT2D eigenvalue weighted by atomic mass is 16.5. The van der Waals surface area contributed by atoms with Crippen molar-refractivity contribution in [2.45, 2.75) is 26.7 Å². The molecule has 0 radical (unpaired) electrons. The summed E-state index contributed by atoms with van der Waals surface area (Å²) < 4.78 is 35.9. The van der Waals surface area contributed by atoms with Gasteiger partial charge in [0.25, 0.3) is 11.8 Å². The fourth-order valence-corrected chi connectivity index (χ4v) is 11.3. The van der Waals surface area contributed by atoms with E-state index in [1.807, 2.05) is 262 Å². The molecule has 14 rings (SSSR count). The Bertz CT molecular complexity index is 5310. The number of benzene rings is 14. The average molecular weight is 1390 g/mol. The molecule has 0 aliphatic heterocycles. The van der Waals surface area contributed by atoms with Gasteiger partial charge in [-0.05, 0) is 277 Å². The third-order valence-electron chi connectivity index (χ3n) is 16.9. The molecule has 14 aromatic carbocycles. The molecule has 0 aromatic heterocycles. The van der Waals surface area contributed by atoms with E-state index in [1.165, 1.54) is 0 Å². The van der Waals surface area contributed by atoms with Crippen molar-refractivity contribution in [2.24, 2.45) is 0 Å². The average Bonchev–Trinajstić information content (AvgIpc) is 0.848. The lowest BCUT2D eigenvalue weighted by Gasteiger charge is -2.11. The number of nitrogens with one attached hydrogen (secondary N) is 2. The lowest BCUT2D eigenvalue weighted by atomic mass is 10.0. The number of hydrogen-bond acceptors (Lipinski definition) is 12. The highest BCUT2D eigenvalue weighted by Gasteiger charge is 2.15. The van der Waals surface area contributed by atoms with Gasteiger partial charge in [-0.25, -0.2) is 0 Å². The Labute approximate surface area is 614 Å². The maximum atomic E-state index is 13.3. The Kier molecular flexibility index (Phi) is 22.2. The molecule has 14 aromatic rings. The van der Waals surface area contributed by atoms with Crippen molar-refractivity contribution < 1.29 is 47.6 Å². The van der Waals surface area contributed by atoms with Crippen LogP contribution in [0.4, 0.5) is 22.7 Å². The zero-order valence-corrected chi connectivity index (χ0v) is 58.0. The summed E-state index contributed by atoms with van der Waals surface area (Å²) in [6.45, 7) is 3.57. The van der Waals surface area contributed by atoms with Crippen molar-refractivity contribution >= 4 is 46.1 Å². The molecule has 0 aliphatic carbocycles. The molecule has 0 saturated heterocycles. The topological polar surface area (TPSA) is 200 Å². The number of aryl methyl sites for hydroxylation is 1. The van der Waals surface area contributed by atoms with Gasteiger partial charge in [0.1, 0.15) is 74.8 Å². The van der Waals surface area contributed by atoms with Crippen LogP contribution in [0.5, 0.6) is 69.0 Å². The molecule has 0 heterocycles. The number of Topliss-reactive ketones (excluding diaryl/α,β-unsaturated/α-hetero) is 2. The normalized spacial score (nSPS) is 10.7. The first kappa shape index (κ1) is 70.2. The van der Waals surface area contributed by atoms with Crippen LogP contribution in [-0.4, -0.2) is 23.4 Å². The number of hydrogen-bond donors (Lipinski definition) is 4. The summed E-state index contributed by atoms with van der Waals surface area (Å²) in [6, 6.07) is 105. The van der Waals surface area contributed by atoms with E-state index < -0.39 is 0 Å². The van der Waals surface area contributed by atoms with Gasteiger partial charge in [0, 0.05) is 52.3 Å². The first-order chi connectivity index (χ1) is 51.6. The Morgan fingerprint density at radius 1 is 0.274 bits per heavy atom. The van der Waals surface area contributed by atoms with Gasteiger partial charge in [-0.3, -0.25) is 19.2 Å². The van der Waals surface area contributed by atoms with Gasteiger partial charge in [0.15, 0.2) is 5.78 Å². The lowest BCUT2D eigenvalue weighted by molar-refractivity contribution is -0.116. The van der Waals surface area contributed by atoms with E-state index in [0.717, 1.165) is 84.4 Å². The van der Waals surface area contributed by atoms with Gasteiger partial charge >= 0.3 is 0 Å². The van der Waals surface area contributed by atoms with Crippen LogP contribution in [0.3, 0.4) is 0 Å². The van der Waals surface area contributed by atoms with E-state index >= 15 is 0 Å². The van der Waals surface area contributed by atoms with Crippen molar-refractivity contribution in [1.82, 2.24) is 0 Å². The number of ether oxygens (including phenoxy) is 6. The maximum Gasteiger partial charge on any atom is 0.255 e. The number of nitrogens with two attached hydrogens (primary N) is 2. The van der Waals surface area contributed by atoms with Crippen LogP contribution in [0.1, 0.15) is 54.7 Å². The van der Waals surface area contributed by atoms with Crippen molar-refractivity contribution in [2.75, 3.05) is 22.1 Å². The van der Waals surface area contributed by atoms with Crippen LogP contribution in [0.15, 0.2) is 340 Å². The SMILES string of the molecule is CC(=O)Cc1ccc(Oc2ccc(-c3ccc(Oc4ccc(NC(=O)c5cccc(C(=O)Nc6ccc(Oc7ccc(-c8ccc(Oc9ccc(N)cc9)cc8)cc7)cc6)c5)cc4)cc3)cc2)cc1.Cc1cccc(C(=O)Cc2ccc(Oc3ccc(-c4ccc(Oc5ccc(N)cc5)cc4)cc3)cc2)c1. The van der Waals surface area contributed by atoms with Crippen molar-refractivity contribution in [3.05, 3.63) is 373 Å². The summed E-state index contributed by atoms with van der Waals surface area (Å²) in [4.78, 5) is 50.4. The Hall–Kier alpha value is -14.2. The van der Waals surface area contributed by atoms with Crippen LogP contribution in [0.2, 0.25) is 0 Å². The highest BCUT2D eigenvalue weighted by molar-refractivity contribution is 6.09. The maximum absolute atomic E-state index is 13.3. The highest BCUT2D eigenvalue weighted by Crippen LogP contribution is 2.35.